The molecule has 5 heteroatoms. The highest BCUT2D eigenvalue weighted by atomic mass is 19.3. The molecule has 0 spiro atoms. The monoisotopic (exact) mass is 183 g/mol. The van der Waals surface area contributed by atoms with E-state index in [-0.39, 0.29) is 17.1 Å². The largest absolute Gasteiger partial charge is 0.506 e. The number of phenolic OH excluding ortho intramolecular Hbond substituents is 1. The van der Waals surface area contributed by atoms with Crippen LogP contribution in [0, 0.1) is 0 Å². The molecular formula is C8H5F2N2O. The summed E-state index contributed by atoms with van der Waals surface area (Å²) < 4.78 is 24.3. The van der Waals surface area contributed by atoms with Crippen molar-refractivity contribution in [1.82, 2.24) is 5.32 Å². The molecular weight excluding hydrogens is 178 g/mol. The normalized spacial score (nSPS) is 13.9. The Morgan fingerprint density at radius 2 is 2.08 bits per heavy atom. The van der Waals surface area contributed by atoms with E-state index in [1.807, 2.05) is 0 Å². The molecule has 13 heavy (non-hydrogen) atoms. The summed E-state index contributed by atoms with van der Waals surface area (Å²) in [5.41, 5.74) is 0.410. The van der Waals surface area contributed by atoms with Crippen LogP contribution in [0.1, 0.15) is 0 Å². The molecule has 1 aliphatic rings. The number of halogens is 2. The van der Waals surface area contributed by atoms with Gasteiger partial charge in [-0.2, -0.15) is 0 Å². The van der Waals surface area contributed by atoms with Crippen molar-refractivity contribution in [2.45, 2.75) is 6.43 Å². The molecule has 2 rings (SSSR count). The Morgan fingerprint density at radius 1 is 1.31 bits per heavy atom. The van der Waals surface area contributed by atoms with E-state index in [1.54, 1.807) is 0 Å². The van der Waals surface area contributed by atoms with Gasteiger partial charge in [0.2, 0.25) is 0 Å². The number of nitrogens with zero attached hydrogens (tertiary/aromatic N) is 2. The number of phenols is 1. The molecule has 1 aliphatic heterocycles. The lowest BCUT2D eigenvalue weighted by Crippen LogP contribution is -2.15. The summed E-state index contributed by atoms with van der Waals surface area (Å²) in [6, 6.07) is 4.43. The molecule has 1 N–H and O–H groups in total. The predicted molar refractivity (Wildman–Crippen MR) is 43.0 cm³/mol. The molecule has 0 aromatic heterocycles. The minimum Gasteiger partial charge on any atom is -0.506 e. The summed E-state index contributed by atoms with van der Waals surface area (Å²) in [5.74, 6) is -0.673. The average Bonchev–Trinajstić information content (AvgIpc) is 2.49. The van der Waals surface area contributed by atoms with Gasteiger partial charge in [0.05, 0.1) is 5.69 Å². The van der Waals surface area contributed by atoms with Crippen LogP contribution < -0.4 is 5.32 Å². The summed E-state index contributed by atoms with van der Waals surface area (Å²) in [4.78, 5) is 3.50. The van der Waals surface area contributed by atoms with Gasteiger partial charge in [0.15, 0.2) is 5.84 Å². The number of aromatic hydroxyl groups is 1. The molecule has 67 valence electrons. The number of hydrogen-bond donors (Lipinski definition) is 1. The van der Waals surface area contributed by atoms with E-state index in [4.69, 9.17) is 0 Å². The van der Waals surface area contributed by atoms with Crippen LogP contribution in [0.15, 0.2) is 23.2 Å². The van der Waals surface area contributed by atoms with Crippen molar-refractivity contribution in [2.24, 2.45) is 4.99 Å². The third kappa shape index (κ3) is 1.22. The Balaban J connectivity index is 2.43. The van der Waals surface area contributed by atoms with Gasteiger partial charge in [0, 0.05) is 0 Å². The van der Waals surface area contributed by atoms with Crippen LogP contribution in [0.5, 0.6) is 5.75 Å². The molecule has 0 unspecified atom stereocenters. The second kappa shape index (κ2) is 2.69. The first kappa shape index (κ1) is 7.97. The molecule has 0 bridgehead atoms. The van der Waals surface area contributed by atoms with Crippen molar-refractivity contribution < 1.29 is 13.9 Å². The number of para-hydroxylation sites is 1. The van der Waals surface area contributed by atoms with Crippen molar-refractivity contribution in [3.05, 3.63) is 18.2 Å². The van der Waals surface area contributed by atoms with Gasteiger partial charge in [-0.1, -0.05) is 6.07 Å². The van der Waals surface area contributed by atoms with Gasteiger partial charge in [-0.3, -0.25) is 0 Å². The molecule has 1 aromatic rings. The van der Waals surface area contributed by atoms with Crippen LogP contribution in [-0.2, 0) is 0 Å². The third-order valence-corrected chi connectivity index (χ3v) is 1.65. The summed E-state index contributed by atoms with van der Waals surface area (Å²) in [6.07, 6.45) is -2.70. The highest BCUT2D eigenvalue weighted by molar-refractivity contribution is 5.99. The Morgan fingerprint density at radius 3 is 2.69 bits per heavy atom. The highest BCUT2D eigenvalue weighted by Gasteiger charge is 2.24. The lowest BCUT2D eigenvalue weighted by molar-refractivity contribution is 0.222. The molecule has 1 heterocycles. The molecule has 0 saturated carbocycles. The second-order valence-corrected chi connectivity index (χ2v) is 2.53. The first-order valence-electron chi connectivity index (χ1n) is 3.59. The quantitative estimate of drug-likeness (QED) is 0.710. The van der Waals surface area contributed by atoms with E-state index in [1.165, 1.54) is 18.2 Å². The minimum absolute atomic E-state index is 0.123. The number of amidine groups is 1. The molecule has 0 aliphatic carbocycles. The van der Waals surface area contributed by atoms with Gasteiger partial charge in [-0.05, 0) is 12.1 Å². The fraction of sp³-hybridized carbons (Fsp3) is 0.125. The van der Waals surface area contributed by atoms with Crippen LogP contribution >= 0.6 is 0 Å². The van der Waals surface area contributed by atoms with Crippen LogP contribution in [0.4, 0.5) is 20.2 Å². The van der Waals surface area contributed by atoms with Gasteiger partial charge < -0.3 is 5.11 Å². The minimum atomic E-state index is -2.70. The van der Waals surface area contributed by atoms with Crippen molar-refractivity contribution in [1.29, 1.82) is 0 Å². The van der Waals surface area contributed by atoms with Gasteiger partial charge >= 0.3 is 0 Å². The average molecular weight is 183 g/mol. The van der Waals surface area contributed by atoms with E-state index in [0.717, 1.165) is 0 Å². The lowest BCUT2D eigenvalue weighted by atomic mass is 10.2. The number of alkyl halides is 2. The van der Waals surface area contributed by atoms with Crippen LogP contribution in [0.25, 0.3) is 0 Å². The molecule has 0 atom stereocenters. The van der Waals surface area contributed by atoms with Crippen molar-refractivity contribution in [2.75, 3.05) is 0 Å². The molecule has 3 nitrogen and oxygen atoms in total. The molecule has 0 amide bonds. The molecule has 1 radical (unpaired) electrons. The zero-order valence-corrected chi connectivity index (χ0v) is 6.41. The lowest BCUT2D eigenvalue weighted by Gasteiger charge is -1.97. The summed E-state index contributed by atoms with van der Waals surface area (Å²) in [6.45, 7) is 0. The molecule has 0 saturated heterocycles. The maximum absolute atomic E-state index is 12.1. The first-order valence-corrected chi connectivity index (χ1v) is 3.59. The fourth-order valence-corrected chi connectivity index (χ4v) is 1.08. The Kier molecular flexibility index (Phi) is 1.65. The topological polar surface area (TPSA) is 46.7 Å². The maximum Gasteiger partial charge on any atom is 0.297 e. The summed E-state index contributed by atoms with van der Waals surface area (Å²) in [5, 5.41) is 12.8. The number of rotatable bonds is 1. The van der Waals surface area contributed by atoms with Crippen LogP contribution in [0.3, 0.4) is 0 Å². The van der Waals surface area contributed by atoms with Crippen molar-refractivity contribution >= 4 is 17.2 Å². The van der Waals surface area contributed by atoms with E-state index >= 15 is 0 Å². The number of aliphatic imine (C=N–C) groups is 1. The van der Waals surface area contributed by atoms with E-state index < -0.39 is 12.3 Å². The van der Waals surface area contributed by atoms with Crippen LogP contribution in [-0.4, -0.2) is 17.4 Å². The zero-order valence-electron chi connectivity index (χ0n) is 6.41. The van der Waals surface area contributed by atoms with Gasteiger partial charge in [0.25, 0.3) is 6.43 Å². The van der Waals surface area contributed by atoms with Crippen LogP contribution in [0.2, 0.25) is 0 Å². The molecule has 0 fully saturated rings. The van der Waals surface area contributed by atoms with Gasteiger partial charge in [-0.15, -0.1) is 0 Å². The maximum atomic E-state index is 12.1. The SMILES string of the molecule is Oc1cccc2c1N=C(C(F)F)[N]2. The summed E-state index contributed by atoms with van der Waals surface area (Å²) in [7, 11) is 0. The zero-order chi connectivity index (χ0) is 9.42. The van der Waals surface area contributed by atoms with E-state index in [0.29, 0.717) is 0 Å². The standard InChI is InChI=1S/C8H5F2N2O/c9-7(10)8-11-4-2-1-3-5(13)6(4)12-8/h1-3,7,13H. The number of benzene rings is 1. The molecule has 1 aromatic carbocycles. The Bertz CT molecular complexity index is 376. The first-order chi connectivity index (χ1) is 6.18. The van der Waals surface area contributed by atoms with Crippen molar-refractivity contribution in [3.63, 3.8) is 0 Å². The number of hydrogen-bond acceptors (Lipinski definition) is 2. The summed E-state index contributed by atoms with van der Waals surface area (Å²) >= 11 is 0. The second-order valence-electron chi connectivity index (χ2n) is 2.53. The predicted octanol–water partition coefficient (Wildman–Crippen LogP) is 1.94. The van der Waals surface area contributed by atoms with Crippen molar-refractivity contribution in [3.8, 4) is 5.75 Å². The van der Waals surface area contributed by atoms with E-state index in [9.17, 15) is 13.9 Å². The Hall–Kier alpha value is -1.65. The van der Waals surface area contributed by atoms with Gasteiger partial charge in [-0.25, -0.2) is 19.1 Å². The Labute approximate surface area is 72.7 Å². The fourth-order valence-electron chi connectivity index (χ4n) is 1.08. The number of fused-ring (bicyclic) bond motifs is 1. The third-order valence-electron chi connectivity index (χ3n) is 1.65. The van der Waals surface area contributed by atoms with E-state index in [2.05, 4.69) is 10.3 Å². The smallest absolute Gasteiger partial charge is 0.297 e. The highest BCUT2D eigenvalue weighted by Crippen LogP contribution is 2.38. The van der Waals surface area contributed by atoms with Gasteiger partial charge in [0.1, 0.15) is 11.4 Å².